The summed E-state index contributed by atoms with van der Waals surface area (Å²) in [5.41, 5.74) is 1.99. The fourth-order valence-electron chi connectivity index (χ4n) is 2.46. The number of furan rings is 1. The molecule has 0 radical (unpaired) electrons. The molecule has 152 valence electrons. The van der Waals surface area contributed by atoms with Crippen molar-refractivity contribution < 1.29 is 24.2 Å². The first kappa shape index (κ1) is 20.5. The van der Waals surface area contributed by atoms with E-state index < -0.39 is 27.2 Å². The smallest absolute Gasteiger partial charge is 0.337 e. The molecule has 11 nitrogen and oxygen atoms in total. The van der Waals surface area contributed by atoms with Crippen molar-refractivity contribution in [2.75, 3.05) is 5.43 Å². The summed E-state index contributed by atoms with van der Waals surface area (Å²) in [6.45, 7) is 0. The van der Waals surface area contributed by atoms with Gasteiger partial charge in [-0.15, -0.1) is 0 Å². The van der Waals surface area contributed by atoms with Crippen LogP contribution in [-0.4, -0.2) is 27.1 Å². The van der Waals surface area contributed by atoms with Crippen molar-refractivity contribution in [1.82, 2.24) is 0 Å². The Bertz CT molecular complexity index is 1190. The Balaban J connectivity index is 1.77. The van der Waals surface area contributed by atoms with Crippen LogP contribution in [0.1, 0.15) is 16.1 Å². The summed E-state index contributed by atoms with van der Waals surface area (Å²) < 4.78 is 5.57. The molecule has 0 fully saturated rings. The standard InChI is InChI=1S/C18H11ClN4O7/c19-14-7-10(1-4-13(14)18(24)25)17-6-3-12(30-17)9-20-21-15-5-2-11(22(26)27)8-16(15)23(28)29/h1-9,21H,(H,24,25)/b20-9-. The van der Waals surface area contributed by atoms with Gasteiger partial charge in [0.15, 0.2) is 0 Å². The van der Waals surface area contributed by atoms with Gasteiger partial charge < -0.3 is 9.52 Å². The Morgan fingerprint density at radius 1 is 1.10 bits per heavy atom. The van der Waals surface area contributed by atoms with E-state index in [1.165, 1.54) is 30.5 Å². The highest BCUT2D eigenvalue weighted by Crippen LogP contribution is 2.29. The van der Waals surface area contributed by atoms with Gasteiger partial charge in [0, 0.05) is 11.6 Å². The van der Waals surface area contributed by atoms with E-state index in [4.69, 9.17) is 21.1 Å². The third-order valence-electron chi connectivity index (χ3n) is 3.88. The van der Waals surface area contributed by atoms with Crippen LogP contribution < -0.4 is 5.43 Å². The van der Waals surface area contributed by atoms with Gasteiger partial charge in [0.05, 0.1) is 32.7 Å². The van der Waals surface area contributed by atoms with Crippen LogP contribution in [0.15, 0.2) is 58.0 Å². The molecule has 3 rings (SSSR count). The SMILES string of the molecule is O=C(O)c1ccc(-c2ccc(/C=N\Nc3ccc([N+](=O)[O-])cc3[N+](=O)[O-])o2)cc1Cl. The fraction of sp³-hybridized carbons (Fsp3) is 0. The highest BCUT2D eigenvalue weighted by molar-refractivity contribution is 6.33. The van der Waals surface area contributed by atoms with E-state index in [1.807, 2.05) is 0 Å². The maximum atomic E-state index is 11.1. The number of nitrogens with zero attached hydrogens (tertiary/aromatic N) is 3. The number of rotatable bonds is 7. The molecule has 0 unspecified atom stereocenters. The molecule has 0 aliphatic rings. The van der Waals surface area contributed by atoms with Gasteiger partial charge in [0.2, 0.25) is 0 Å². The number of anilines is 1. The Labute approximate surface area is 172 Å². The normalized spacial score (nSPS) is 10.8. The molecule has 2 N–H and O–H groups in total. The van der Waals surface area contributed by atoms with Crippen LogP contribution in [0.5, 0.6) is 0 Å². The van der Waals surface area contributed by atoms with Crippen molar-refractivity contribution in [3.05, 3.63) is 85.1 Å². The lowest BCUT2D eigenvalue weighted by Crippen LogP contribution is -1.98. The molecule has 0 bridgehead atoms. The summed E-state index contributed by atoms with van der Waals surface area (Å²) in [6, 6.07) is 10.6. The quantitative estimate of drug-likeness (QED) is 0.313. The predicted molar refractivity (Wildman–Crippen MR) is 107 cm³/mol. The summed E-state index contributed by atoms with van der Waals surface area (Å²) in [5.74, 6) is -0.456. The van der Waals surface area contributed by atoms with Crippen molar-refractivity contribution in [1.29, 1.82) is 0 Å². The monoisotopic (exact) mass is 430 g/mol. The van der Waals surface area contributed by atoms with Crippen LogP contribution in [0, 0.1) is 20.2 Å². The molecule has 12 heteroatoms. The van der Waals surface area contributed by atoms with E-state index in [-0.39, 0.29) is 16.3 Å². The zero-order chi connectivity index (χ0) is 21.8. The first-order chi connectivity index (χ1) is 14.3. The second kappa shape index (κ2) is 8.41. The van der Waals surface area contributed by atoms with Crippen molar-refractivity contribution in [2.45, 2.75) is 0 Å². The number of hydrazone groups is 1. The van der Waals surface area contributed by atoms with Gasteiger partial charge in [0.1, 0.15) is 17.2 Å². The second-order valence-corrected chi connectivity index (χ2v) is 6.19. The maximum absolute atomic E-state index is 11.1. The molecule has 2 aromatic carbocycles. The average molecular weight is 431 g/mol. The van der Waals surface area contributed by atoms with E-state index in [0.717, 1.165) is 12.1 Å². The number of hydrogen-bond donors (Lipinski definition) is 2. The number of carboxylic acids is 1. The van der Waals surface area contributed by atoms with Gasteiger partial charge in [-0.25, -0.2) is 4.79 Å². The lowest BCUT2D eigenvalue weighted by Gasteiger charge is -2.02. The Morgan fingerprint density at radius 3 is 2.50 bits per heavy atom. The molecule has 1 aromatic heterocycles. The van der Waals surface area contributed by atoms with Crippen LogP contribution in [0.2, 0.25) is 5.02 Å². The molecular weight excluding hydrogens is 420 g/mol. The second-order valence-electron chi connectivity index (χ2n) is 5.79. The molecule has 0 saturated carbocycles. The molecule has 1 heterocycles. The van der Waals surface area contributed by atoms with E-state index >= 15 is 0 Å². The summed E-state index contributed by atoms with van der Waals surface area (Å²) in [6.07, 6.45) is 1.25. The number of non-ortho nitro benzene ring substituents is 1. The zero-order valence-electron chi connectivity index (χ0n) is 14.8. The number of hydrogen-bond acceptors (Lipinski definition) is 8. The Morgan fingerprint density at radius 2 is 1.87 bits per heavy atom. The van der Waals surface area contributed by atoms with Crippen molar-refractivity contribution in [3.63, 3.8) is 0 Å². The number of nitrogens with one attached hydrogen (secondary N) is 1. The van der Waals surface area contributed by atoms with Gasteiger partial charge in [0.25, 0.3) is 5.69 Å². The number of carboxylic acid groups (broad SMARTS) is 1. The van der Waals surface area contributed by atoms with Crippen LogP contribution in [0.25, 0.3) is 11.3 Å². The zero-order valence-corrected chi connectivity index (χ0v) is 15.6. The van der Waals surface area contributed by atoms with Gasteiger partial charge in [-0.2, -0.15) is 5.10 Å². The summed E-state index contributed by atoms with van der Waals surface area (Å²) in [7, 11) is 0. The molecule has 30 heavy (non-hydrogen) atoms. The minimum atomic E-state index is -1.15. The average Bonchev–Trinajstić information content (AvgIpc) is 3.16. The molecule has 0 aliphatic carbocycles. The molecule has 0 aliphatic heterocycles. The molecule has 3 aromatic rings. The van der Waals surface area contributed by atoms with Crippen molar-refractivity contribution in [2.24, 2.45) is 5.10 Å². The van der Waals surface area contributed by atoms with Crippen LogP contribution in [0.4, 0.5) is 17.1 Å². The largest absolute Gasteiger partial charge is 0.478 e. The van der Waals surface area contributed by atoms with Crippen molar-refractivity contribution in [3.8, 4) is 11.3 Å². The maximum Gasteiger partial charge on any atom is 0.337 e. The van der Waals surface area contributed by atoms with Gasteiger partial charge >= 0.3 is 11.7 Å². The lowest BCUT2D eigenvalue weighted by molar-refractivity contribution is -0.393. The van der Waals surface area contributed by atoms with Crippen LogP contribution in [0.3, 0.4) is 0 Å². The molecular formula is C18H11ClN4O7. The van der Waals surface area contributed by atoms with E-state index in [1.54, 1.807) is 12.1 Å². The summed E-state index contributed by atoms with van der Waals surface area (Å²) in [5, 5.41) is 34.8. The first-order valence-electron chi connectivity index (χ1n) is 8.11. The summed E-state index contributed by atoms with van der Waals surface area (Å²) in [4.78, 5) is 31.4. The minimum Gasteiger partial charge on any atom is -0.478 e. The van der Waals surface area contributed by atoms with E-state index in [9.17, 15) is 25.0 Å². The van der Waals surface area contributed by atoms with Crippen molar-refractivity contribution >= 4 is 40.8 Å². The number of carbonyl (C=O) groups is 1. The summed E-state index contributed by atoms with van der Waals surface area (Å²) >= 11 is 5.95. The highest BCUT2D eigenvalue weighted by atomic mass is 35.5. The lowest BCUT2D eigenvalue weighted by atomic mass is 10.1. The van der Waals surface area contributed by atoms with Gasteiger partial charge in [-0.05, 0) is 30.3 Å². The fourth-order valence-corrected chi connectivity index (χ4v) is 2.73. The number of benzene rings is 2. The van der Waals surface area contributed by atoms with Gasteiger partial charge in [-0.3, -0.25) is 25.7 Å². The molecule has 0 atom stereocenters. The number of nitro groups is 2. The molecule has 0 spiro atoms. The van der Waals surface area contributed by atoms with Crippen LogP contribution >= 0.6 is 11.6 Å². The number of aromatic carboxylic acids is 1. The Kier molecular flexibility index (Phi) is 5.74. The van der Waals surface area contributed by atoms with E-state index in [2.05, 4.69) is 10.5 Å². The van der Waals surface area contributed by atoms with Crippen LogP contribution in [-0.2, 0) is 0 Å². The topological polar surface area (TPSA) is 161 Å². The predicted octanol–water partition coefficient (Wildman–Crippen LogP) is 4.56. The van der Waals surface area contributed by atoms with E-state index in [0.29, 0.717) is 17.1 Å². The molecule has 0 amide bonds. The number of nitro benzene ring substituents is 2. The van der Waals surface area contributed by atoms with Gasteiger partial charge in [-0.1, -0.05) is 17.7 Å². The third kappa shape index (κ3) is 4.42. The number of halogens is 1. The first-order valence-corrected chi connectivity index (χ1v) is 8.49. The highest BCUT2D eigenvalue weighted by Gasteiger charge is 2.19. The minimum absolute atomic E-state index is 0.0373. The molecule has 0 saturated heterocycles. The Hall–Kier alpha value is -4.25. The third-order valence-corrected chi connectivity index (χ3v) is 4.19.